The van der Waals surface area contributed by atoms with Gasteiger partial charge in [0.15, 0.2) is 0 Å². The summed E-state index contributed by atoms with van der Waals surface area (Å²) < 4.78 is 0. The first-order valence-corrected chi connectivity index (χ1v) is 8.36. The number of nitrogens with one attached hydrogen (secondary N) is 1. The maximum absolute atomic E-state index is 3.49. The largest absolute Gasteiger partial charge is 0.314 e. The highest BCUT2D eigenvalue weighted by molar-refractivity contribution is 5.26. The number of hydrogen-bond acceptors (Lipinski definition) is 2. The summed E-state index contributed by atoms with van der Waals surface area (Å²) >= 11 is 0. The van der Waals surface area contributed by atoms with Crippen molar-refractivity contribution >= 4 is 0 Å². The molecule has 1 aliphatic heterocycles. The van der Waals surface area contributed by atoms with E-state index in [4.69, 9.17) is 0 Å². The molecule has 1 atom stereocenters. The van der Waals surface area contributed by atoms with Crippen LogP contribution in [0.5, 0.6) is 0 Å². The Bertz CT molecular complexity index is 399. The minimum atomic E-state index is 0.650. The molecule has 0 amide bonds. The lowest BCUT2D eigenvalue weighted by Gasteiger charge is -2.41. The lowest BCUT2D eigenvalue weighted by Crippen LogP contribution is -2.47. The van der Waals surface area contributed by atoms with Gasteiger partial charge in [-0.3, -0.25) is 4.90 Å². The third kappa shape index (κ3) is 3.24. The van der Waals surface area contributed by atoms with Gasteiger partial charge in [-0.25, -0.2) is 0 Å². The van der Waals surface area contributed by atoms with Crippen LogP contribution < -0.4 is 5.32 Å². The van der Waals surface area contributed by atoms with Gasteiger partial charge in [0.05, 0.1) is 0 Å². The van der Waals surface area contributed by atoms with Gasteiger partial charge in [0.1, 0.15) is 0 Å². The number of aryl methyl sites for hydroxylation is 1. The maximum Gasteiger partial charge on any atom is 0.0377 e. The Morgan fingerprint density at radius 3 is 2.55 bits per heavy atom. The highest BCUT2D eigenvalue weighted by Gasteiger charge is 2.30. The second-order valence-corrected chi connectivity index (χ2v) is 6.54. The Labute approximate surface area is 123 Å². The summed E-state index contributed by atoms with van der Waals surface area (Å²) in [7, 11) is 0. The number of benzene rings is 1. The lowest BCUT2D eigenvalue weighted by molar-refractivity contribution is 0.103. The molecule has 1 aromatic rings. The zero-order valence-electron chi connectivity index (χ0n) is 12.8. The highest BCUT2D eigenvalue weighted by Crippen LogP contribution is 2.38. The van der Waals surface area contributed by atoms with E-state index in [9.17, 15) is 0 Å². The molecule has 0 aromatic heterocycles. The molecular formula is C18H28N2. The molecule has 1 aliphatic carbocycles. The second kappa shape index (κ2) is 6.73. The van der Waals surface area contributed by atoms with Gasteiger partial charge in [0, 0.05) is 32.2 Å². The highest BCUT2D eigenvalue weighted by atomic mass is 15.2. The third-order valence-corrected chi connectivity index (χ3v) is 5.02. The van der Waals surface area contributed by atoms with Gasteiger partial charge in [-0.1, -0.05) is 49.1 Å². The molecule has 1 heterocycles. The van der Waals surface area contributed by atoms with Crippen LogP contribution in [0.15, 0.2) is 24.3 Å². The molecule has 1 N–H and O–H groups in total. The van der Waals surface area contributed by atoms with Crippen molar-refractivity contribution in [1.29, 1.82) is 0 Å². The number of nitrogens with zero attached hydrogens (tertiary/aromatic N) is 1. The summed E-state index contributed by atoms with van der Waals surface area (Å²) in [5.41, 5.74) is 2.96. The van der Waals surface area contributed by atoms with Crippen molar-refractivity contribution in [2.45, 2.75) is 45.1 Å². The Morgan fingerprint density at radius 2 is 1.85 bits per heavy atom. The van der Waals surface area contributed by atoms with Crippen molar-refractivity contribution < 1.29 is 0 Å². The zero-order valence-corrected chi connectivity index (χ0v) is 12.8. The lowest BCUT2D eigenvalue weighted by atomic mass is 9.80. The first-order chi connectivity index (χ1) is 9.84. The van der Waals surface area contributed by atoms with Crippen LogP contribution in [-0.2, 0) is 0 Å². The van der Waals surface area contributed by atoms with Gasteiger partial charge >= 0.3 is 0 Å². The summed E-state index contributed by atoms with van der Waals surface area (Å²) in [5.74, 6) is 0.864. The molecule has 20 heavy (non-hydrogen) atoms. The minimum absolute atomic E-state index is 0.650. The van der Waals surface area contributed by atoms with Gasteiger partial charge in [-0.05, 0) is 31.2 Å². The van der Waals surface area contributed by atoms with Crippen LogP contribution >= 0.6 is 0 Å². The summed E-state index contributed by atoms with van der Waals surface area (Å²) in [6.45, 7) is 6.92. The van der Waals surface area contributed by atoms with Crippen LogP contribution in [0.25, 0.3) is 0 Å². The predicted molar refractivity (Wildman–Crippen MR) is 84.9 cm³/mol. The van der Waals surface area contributed by atoms with Crippen molar-refractivity contribution in [3.8, 4) is 0 Å². The molecule has 110 valence electrons. The first-order valence-electron chi connectivity index (χ1n) is 8.36. The molecule has 2 nitrogen and oxygen atoms in total. The molecule has 0 spiro atoms. The molecule has 1 aromatic carbocycles. The molecule has 1 saturated carbocycles. The average molecular weight is 272 g/mol. The van der Waals surface area contributed by atoms with Crippen molar-refractivity contribution in [1.82, 2.24) is 10.2 Å². The van der Waals surface area contributed by atoms with Gasteiger partial charge in [-0.15, -0.1) is 0 Å². The molecule has 2 heteroatoms. The molecule has 3 rings (SSSR count). The average Bonchev–Trinajstić information content (AvgIpc) is 2.50. The van der Waals surface area contributed by atoms with E-state index in [1.165, 1.54) is 50.8 Å². The maximum atomic E-state index is 3.49. The van der Waals surface area contributed by atoms with E-state index in [1.807, 2.05) is 0 Å². The summed E-state index contributed by atoms with van der Waals surface area (Å²) in [4.78, 5) is 2.74. The molecule has 0 radical (unpaired) electrons. The molecule has 2 aliphatic rings. The Hall–Kier alpha value is -0.860. The van der Waals surface area contributed by atoms with E-state index in [0.29, 0.717) is 6.04 Å². The Kier molecular flexibility index (Phi) is 4.74. The number of rotatable bonds is 3. The summed E-state index contributed by atoms with van der Waals surface area (Å²) in [5, 5.41) is 3.49. The fourth-order valence-corrected chi connectivity index (χ4v) is 4.05. The quantitative estimate of drug-likeness (QED) is 0.905. The van der Waals surface area contributed by atoms with E-state index >= 15 is 0 Å². The number of hydrogen-bond donors (Lipinski definition) is 1. The Balaban J connectivity index is 1.85. The normalized spacial score (nSPS) is 23.6. The van der Waals surface area contributed by atoms with Crippen LogP contribution in [0.1, 0.15) is 49.3 Å². The molecule has 0 unspecified atom stereocenters. The van der Waals surface area contributed by atoms with E-state index in [2.05, 4.69) is 41.4 Å². The van der Waals surface area contributed by atoms with Crippen LogP contribution in [-0.4, -0.2) is 31.1 Å². The van der Waals surface area contributed by atoms with E-state index in [-0.39, 0.29) is 0 Å². The van der Waals surface area contributed by atoms with Gasteiger partial charge in [-0.2, -0.15) is 0 Å². The fourth-order valence-electron chi connectivity index (χ4n) is 4.05. The smallest absolute Gasteiger partial charge is 0.0377 e. The van der Waals surface area contributed by atoms with E-state index in [0.717, 1.165) is 19.0 Å². The molecule has 1 saturated heterocycles. The van der Waals surface area contributed by atoms with Crippen molar-refractivity contribution in [3.63, 3.8) is 0 Å². The Morgan fingerprint density at radius 1 is 1.10 bits per heavy atom. The number of piperazine rings is 1. The third-order valence-electron chi connectivity index (χ3n) is 5.02. The van der Waals surface area contributed by atoms with E-state index in [1.54, 1.807) is 5.56 Å². The monoisotopic (exact) mass is 272 g/mol. The van der Waals surface area contributed by atoms with Gasteiger partial charge in [0.25, 0.3) is 0 Å². The zero-order chi connectivity index (χ0) is 13.8. The van der Waals surface area contributed by atoms with Crippen LogP contribution in [0, 0.1) is 12.8 Å². The van der Waals surface area contributed by atoms with Crippen LogP contribution in [0.2, 0.25) is 0 Å². The second-order valence-electron chi connectivity index (χ2n) is 6.54. The van der Waals surface area contributed by atoms with Gasteiger partial charge < -0.3 is 5.32 Å². The topological polar surface area (TPSA) is 15.3 Å². The van der Waals surface area contributed by atoms with E-state index < -0.39 is 0 Å². The minimum Gasteiger partial charge on any atom is -0.314 e. The van der Waals surface area contributed by atoms with Gasteiger partial charge in [0.2, 0.25) is 0 Å². The van der Waals surface area contributed by atoms with Crippen LogP contribution in [0.4, 0.5) is 0 Å². The predicted octanol–water partition coefficient (Wildman–Crippen LogP) is 3.52. The summed E-state index contributed by atoms with van der Waals surface area (Å²) in [6, 6.07) is 9.88. The van der Waals surface area contributed by atoms with Crippen molar-refractivity contribution in [2.75, 3.05) is 26.2 Å². The SMILES string of the molecule is Cc1cccc([C@@H](C2CCCCC2)N2CCNCC2)c1. The first kappa shape index (κ1) is 14.1. The van der Waals surface area contributed by atoms with Crippen molar-refractivity contribution in [3.05, 3.63) is 35.4 Å². The van der Waals surface area contributed by atoms with Crippen molar-refractivity contribution in [2.24, 2.45) is 5.92 Å². The van der Waals surface area contributed by atoms with Crippen LogP contribution in [0.3, 0.4) is 0 Å². The molecule has 0 bridgehead atoms. The summed E-state index contributed by atoms with van der Waals surface area (Å²) in [6.07, 6.45) is 7.14. The standard InChI is InChI=1S/C18H28N2/c1-15-6-5-9-17(14-15)18(16-7-3-2-4-8-16)20-12-10-19-11-13-20/h5-6,9,14,16,18-19H,2-4,7-8,10-13H2,1H3/t18-/m1/s1. The molecule has 2 fully saturated rings. The molecular weight excluding hydrogens is 244 g/mol. The fraction of sp³-hybridized carbons (Fsp3) is 0.667.